The van der Waals surface area contributed by atoms with Gasteiger partial charge in [-0.2, -0.15) is 0 Å². The van der Waals surface area contributed by atoms with Crippen molar-refractivity contribution in [2.45, 2.75) is 181 Å². The van der Waals surface area contributed by atoms with Crippen molar-refractivity contribution in [3.63, 3.8) is 0 Å². The summed E-state index contributed by atoms with van der Waals surface area (Å²) in [6.07, 6.45) is 36.0. The number of nitrogens with zero attached hydrogens (tertiary/aromatic N) is 4. The molecule has 57 heavy (non-hydrogen) atoms. The van der Waals surface area contributed by atoms with Gasteiger partial charge in [-0.3, -0.25) is 0 Å². The Morgan fingerprint density at radius 3 is 1.14 bits per heavy atom. The zero-order valence-electron chi connectivity index (χ0n) is 36.1. The van der Waals surface area contributed by atoms with Gasteiger partial charge in [0.1, 0.15) is 0 Å². The molecule has 5 heteroatoms. The van der Waals surface area contributed by atoms with Crippen LogP contribution in [0.3, 0.4) is 0 Å². The topological polar surface area (TPSA) is 60.8 Å². The smallest absolute Gasteiger partial charge is 0.159 e. The third-order valence-corrected chi connectivity index (χ3v) is 13.4. The van der Waals surface area contributed by atoms with Crippen molar-refractivity contribution < 1.29 is 4.74 Å². The summed E-state index contributed by atoms with van der Waals surface area (Å²) >= 11 is 0. The average molecular weight is 771 g/mol. The third-order valence-electron chi connectivity index (χ3n) is 13.4. The summed E-state index contributed by atoms with van der Waals surface area (Å²) in [6, 6.07) is 18.3. The Morgan fingerprint density at radius 2 is 0.807 bits per heavy atom. The monoisotopic (exact) mass is 771 g/mol. The number of hydrogen-bond acceptors (Lipinski definition) is 5. The van der Waals surface area contributed by atoms with Gasteiger partial charge in [-0.1, -0.05) is 166 Å². The van der Waals surface area contributed by atoms with Crippen LogP contribution < -0.4 is 0 Å². The average Bonchev–Trinajstić information content (AvgIpc) is 3.27. The van der Waals surface area contributed by atoms with Crippen LogP contribution in [0.2, 0.25) is 0 Å². The molecule has 4 aromatic rings. The molecule has 0 radical (unpaired) electrons. The highest BCUT2D eigenvalue weighted by Crippen LogP contribution is 2.47. The molecule has 2 aromatic heterocycles. The van der Waals surface area contributed by atoms with Crippen LogP contribution in [-0.4, -0.2) is 19.9 Å². The van der Waals surface area contributed by atoms with Crippen LogP contribution in [0.5, 0.6) is 0 Å². The van der Waals surface area contributed by atoms with Crippen molar-refractivity contribution in [3.05, 3.63) is 95.6 Å². The van der Waals surface area contributed by atoms with Crippen LogP contribution in [0.4, 0.5) is 0 Å². The maximum Gasteiger partial charge on any atom is 0.159 e. The molecule has 2 aromatic carbocycles. The Bertz CT molecular complexity index is 1540. The van der Waals surface area contributed by atoms with Crippen LogP contribution in [0, 0.1) is 23.7 Å². The SMILES string of the molecule is CCCCCc1cnc(-c2ccc(C(OC(c3ccc(-c4ncc(CCCCC)cn4)cc3)C3CCC(CCCC)CC3)C3CCC(CCCC)CC3)cc2)nc1. The van der Waals surface area contributed by atoms with E-state index in [9.17, 15) is 0 Å². The molecular formula is C52H74N4O. The summed E-state index contributed by atoms with van der Waals surface area (Å²) in [5, 5.41) is 0. The summed E-state index contributed by atoms with van der Waals surface area (Å²) in [7, 11) is 0. The van der Waals surface area contributed by atoms with E-state index in [0.717, 1.165) is 47.5 Å². The van der Waals surface area contributed by atoms with E-state index in [4.69, 9.17) is 24.7 Å². The Hall–Kier alpha value is -3.44. The molecule has 2 atom stereocenters. The number of rotatable bonds is 22. The Kier molecular flexibility index (Phi) is 17.6. The van der Waals surface area contributed by atoms with Gasteiger partial charge in [-0.15, -0.1) is 0 Å². The van der Waals surface area contributed by atoms with Gasteiger partial charge in [0.15, 0.2) is 11.6 Å². The van der Waals surface area contributed by atoms with Gasteiger partial charge in [0.25, 0.3) is 0 Å². The molecule has 0 saturated heterocycles. The number of aromatic nitrogens is 4. The molecule has 2 fully saturated rings. The lowest BCUT2D eigenvalue weighted by atomic mass is 9.74. The van der Waals surface area contributed by atoms with Crippen molar-refractivity contribution in [3.8, 4) is 22.8 Å². The normalized spacial score (nSPS) is 21.0. The van der Waals surface area contributed by atoms with Crippen molar-refractivity contribution in [2.24, 2.45) is 23.7 Å². The standard InChI is InChI=1S/C52H74N4O/c1-5-9-13-17-41-35-53-51(54-36-41)47-31-27-45(28-32-47)49(43-23-19-39(20-24-43)15-11-7-3)57-50(44-25-21-40(22-26-44)16-12-8-4)46-29-33-48(34-30-46)52-55-37-42(38-56-52)18-14-10-6-2/h27-40,43-44,49-50H,5-26H2,1-4H3. The maximum atomic E-state index is 7.69. The lowest BCUT2D eigenvalue weighted by Crippen LogP contribution is -2.28. The molecule has 2 aliphatic carbocycles. The summed E-state index contributed by atoms with van der Waals surface area (Å²) in [5.41, 5.74) is 7.22. The second-order valence-electron chi connectivity index (χ2n) is 17.8. The fourth-order valence-electron chi connectivity index (χ4n) is 9.69. The van der Waals surface area contributed by atoms with Crippen LogP contribution >= 0.6 is 0 Å². The van der Waals surface area contributed by atoms with Gasteiger partial charge >= 0.3 is 0 Å². The first-order chi connectivity index (χ1) is 28.1. The number of hydrogen-bond donors (Lipinski definition) is 0. The Morgan fingerprint density at radius 1 is 0.456 bits per heavy atom. The predicted octanol–water partition coefficient (Wildman–Crippen LogP) is 14.9. The molecule has 0 N–H and O–H groups in total. The number of unbranched alkanes of at least 4 members (excludes halogenated alkanes) is 6. The predicted molar refractivity (Wildman–Crippen MR) is 238 cm³/mol. The lowest BCUT2D eigenvalue weighted by Gasteiger charge is -2.40. The second kappa shape index (κ2) is 23.2. The van der Waals surface area contributed by atoms with E-state index in [1.54, 1.807) is 0 Å². The fourth-order valence-corrected chi connectivity index (χ4v) is 9.69. The van der Waals surface area contributed by atoms with E-state index in [-0.39, 0.29) is 12.2 Å². The van der Waals surface area contributed by atoms with Gasteiger partial charge in [0.05, 0.1) is 12.2 Å². The van der Waals surface area contributed by atoms with E-state index in [1.807, 2.05) is 24.8 Å². The van der Waals surface area contributed by atoms with E-state index in [0.29, 0.717) is 11.8 Å². The van der Waals surface area contributed by atoms with Gasteiger partial charge in [-0.05, 0) is 97.3 Å². The molecule has 2 aliphatic rings. The van der Waals surface area contributed by atoms with E-state index >= 15 is 0 Å². The van der Waals surface area contributed by atoms with Crippen molar-refractivity contribution in [1.29, 1.82) is 0 Å². The molecule has 2 heterocycles. The highest BCUT2D eigenvalue weighted by molar-refractivity contribution is 5.56. The fraction of sp³-hybridized carbons (Fsp3) is 0.615. The molecular weight excluding hydrogens is 697 g/mol. The number of benzene rings is 2. The minimum Gasteiger partial charge on any atom is -0.365 e. The van der Waals surface area contributed by atoms with Crippen LogP contribution in [-0.2, 0) is 17.6 Å². The van der Waals surface area contributed by atoms with Crippen LogP contribution in [0.1, 0.15) is 191 Å². The molecule has 0 amide bonds. The van der Waals surface area contributed by atoms with Gasteiger partial charge in [-0.25, -0.2) is 19.9 Å². The summed E-state index contributed by atoms with van der Waals surface area (Å²) < 4.78 is 7.69. The first-order valence-corrected chi connectivity index (χ1v) is 23.6. The minimum absolute atomic E-state index is 0.0547. The van der Waals surface area contributed by atoms with Crippen LogP contribution in [0.15, 0.2) is 73.3 Å². The zero-order valence-corrected chi connectivity index (χ0v) is 36.1. The van der Waals surface area contributed by atoms with Crippen molar-refractivity contribution in [2.75, 3.05) is 0 Å². The molecule has 0 bridgehead atoms. The summed E-state index contributed by atoms with van der Waals surface area (Å²) in [5.74, 6) is 4.37. The Balaban J connectivity index is 1.25. The molecule has 6 rings (SSSR count). The first kappa shape index (κ1) is 43.1. The summed E-state index contributed by atoms with van der Waals surface area (Å²) in [6.45, 7) is 9.15. The molecule has 2 unspecified atom stereocenters. The molecule has 308 valence electrons. The van der Waals surface area contributed by atoms with Gasteiger partial charge in [0, 0.05) is 35.9 Å². The highest BCUT2D eigenvalue weighted by Gasteiger charge is 2.36. The van der Waals surface area contributed by atoms with E-state index in [2.05, 4.69) is 76.2 Å². The molecule has 0 spiro atoms. The van der Waals surface area contributed by atoms with E-state index in [1.165, 1.54) is 151 Å². The molecule has 2 saturated carbocycles. The number of ether oxygens (including phenoxy) is 1. The van der Waals surface area contributed by atoms with Crippen molar-refractivity contribution >= 4 is 0 Å². The lowest BCUT2D eigenvalue weighted by molar-refractivity contribution is -0.0907. The van der Waals surface area contributed by atoms with Gasteiger partial charge < -0.3 is 4.74 Å². The maximum absolute atomic E-state index is 7.69. The van der Waals surface area contributed by atoms with Gasteiger partial charge in [0.2, 0.25) is 0 Å². The largest absolute Gasteiger partial charge is 0.365 e. The quantitative estimate of drug-likeness (QED) is 0.0745. The third kappa shape index (κ3) is 12.8. The summed E-state index contributed by atoms with van der Waals surface area (Å²) in [4.78, 5) is 19.2. The van der Waals surface area contributed by atoms with E-state index < -0.39 is 0 Å². The molecule has 5 nitrogen and oxygen atoms in total. The van der Waals surface area contributed by atoms with Crippen molar-refractivity contribution in [1.82, 2.24) is 19.9 Å². The molecule has 0 aliphatic heterocycles. The van der Waals surface area contributed by atoms with Crippen LogP contribution in [0.25, 0.3) is 22.8 Å². The second-order valence-corrected chi connectivity index (χ2v) is 17.8. The minimum atomic E-state index is 0.0547. The first-order valence-electron chi connectivity index (χ1n) is 23.6. The highest BCUT2D eigenvalue weighted by atomic mass is 16.5. The zero-order chi connectivity index (χ0) is 39.7. The Labute approximate surface area is 346 Å². The number of aryl methyl sites for hydroxylation is 2.